The molecule has 0 saturated heterocycles. The van der Waals surface area contributed by atoms with Crippen molar-refractivity contribution in [3.05, 3.63) is 29.3 Å². The second-order valence-electron chi connectivity index (χ2n) is 2.11. The maximum atomic E-state index is 10.7. The fourth-order valence-corrected chi connectivity index (χ4v) is 0.866. The minimum Gasteiger partial charge on any atom is -0.424 e. The average Bonchev–Trinajstić information content (AvgIpc) is 2.09. The van der Waals surface area contributed by atoms with Crippen LogP contribution in [0.25, 0.3) is 0 Å². The summed E-state index contributed by atoms with van der Waals surface area (Å²) in [5.41, 5.74) is 5.05. The molecule has 1 aromatic carbocycles. The van der Waals surface area contributed by atoms with Gasteiger partial charge in [0.25, 0.3) is 0 Å². The lowest BCUT2D eigenvalue weighted by molar-refractivity contribution is -0.132. The molecule has 0 atom stereocenters. The zero-order valence-electron chi connectivity index (χ0n) is 6.70. The van der Waals surface area contributed by atoms with Crippen LogP contribution >= 0.6 is 24.0 Å². The summed E-state index contributed by atoms with van der Waals surface area (Å²) < 4.78 is 4.80. The highest BCUT2D eigenvalue weighted by Crippen LogP contribution is 2.22. The second-order valence-corrected chi connectivity index (χ2v) is 2.52. The highest BCUT2D eigenvalue weighted by Gasteiger charge is 2.04. The molecule has 13 heavy (non-hydrogen) atoms. The maximum absolute atomic E-state index is 10.7. The van der Waals surface area contributed by atoms with Gasteiger partial charge >= 0.3 is 5.97 Å². The second kappa shape index (κ2) is 5.80. The summed E-state index contributed by atoms with van der Waals surface area (Å²) in [7, 11) is 0. The van der Waals surface area contributed by atoms with Crippen LogP contribution in [0.1, 0.15) is 0 Å². The van der Waals surface area contributed by atoms with Crippen LogP contribution in [0.2, 0.25) is 5.02 Å². The van der Waals surface area contributed by atoms with E-state index in [9.17, 15) is 4.79 Å². The van der Waals surface area contributed by atoms with E-state index >= 15 is 0 Å². The topological polar surface area (TPSA) is 52.3 Å². The lowest BCUT2D eigenvalue weighted by atomic mass is 10.3. The van der Waals surface area contributed by atoms with Crippen molar-refractivity contribution < 1.29 is 9.53 Å². The maximum Gasteiger partial charge on any atom is 0.325 e. The Morgan fingerprint density at radius 3 is 2.62 bits per heavy atom. The Balaban J connectivity index is 0.00000144. The van der Waals surface area contributed by atoms with Crippen LogP contribution in [0.4, 0.5) is 0 Å². The Hall–Kier alpha value is -0.770. The lowest BCUT2D eigenvalue weighted by Crippen LogP contribution is -2.19. The standard InChI is InChI=1S/C8H8ClNO2.ClH/c9-6-3-1-2-4-7(6)12-8(11)5-10;/h1-4H,5,10H2;1H. The number of hydrogen-bond donors (Lipinski definition) is 1. The first-order valence-corrected chi connectivity index (χ1v) is 3.77. The molecule has 0 saturated carbocycles. The van der Waals surface area contributed by atoms with Crippen molar-refractivity contribution in [2.24, 2.45) is 5.73 Å². The molecule has 2 N–H and O–H groups in total. The molecule has 1 aromatic rings. The van der Waals surface area contributed by atoms with E-state index in [-0.39, 0.29) is 19.0 Å². The van der Waals surface area contributed by atoms with Crippen molar-refractivity contribution in [2.75, 3.05) is 6.54 Å². The number of halogens is 2. The fraction of sp³-hybridized carbons (Fsp3) is 0.125. The molecule has 0 aliphatic heterocycles. The molecule has 1 rings (SSSR count). The molecule has 5 heteroatoms. The molecular weight excluding hydrogens is 213 g/mol. The Morgan fingerprint density at radius 1 is 1.46 bits per heavy atom. The van der Waals surface area contributed by atoms with Crippen molar-refractivity contribution in [3.8, 4) is 5.75 Å². The molecule has 0 radical (unpaired) electrons. The predicted octanol–water partition coefficient (Wildman–Crippen LogP) is 1.63. The largest absolute Gasteiger partial charge is 0.424 e. The van der Waals surface area contributed by atoms with E-state index in [1.54, 1.807) is 24.3 Å². The average molecular weight is 222 g/mol. The Labute approximate surface area is 87.2 Å². The van der Waals surface area contributed by atoms with Gasteiger partial charge in [0.05, 0.1) is 11.6 Å². The van der Waals surface area contributed by atoms with E-state index < -0.39 is 5.97 Å². The van der Waals surface area contributed by atoms with Crippen LogP contribution in [0.5, 0.6) is 5.75 Å². The van der Waals surface area contributed by atoms with Crippen LogP contribution in [0.15, 0.2) is 24.3 Å². The van der Waals surface area contributed by atoms with Gasteiger partial charge in [-0.3, -0.25) is 4.79 Å². The number of para-hydroxylation sites is 1. The minimum absolute atomic E-state index is 0. The first kappa shape index (κ1) is 12.2. The van der Waals surface area contributed by atoms with Gasteiger partial charge in [-0.25, -0.2) is 0 Å². The number of carbonyl (C=O) groups excluding carboxylic acids is 1. The van der Waals surface area contributed by atoms with Crippen molar-refractivity contribution in [3.63, 3.8) is 0 Å². The molecule has 0 spiro atoms. The first-order valence-electron chi connectivity index (χ1n) is 3.39. The number of hydrogen-bond acceptors (Lipinski definition) is 3. The third-order valence-electron chi connectivity index (χ3n) is 1.23. The van der Waals surface area contributed by atoms with Gasteiger partial charge in [0, 0.05) is 0 Å². The van der Waals surface area contributed by atoms with Crippen molar-refractivity contribution in [2.45, 2.75) is 0 Å². The summed E-state index contributed by atoms with van der Waals surface area (Å²) in [4.78, 5) is 10.7. The number of rotatable bonds is 2. The molecule has 0 aliphatic rings. The minimum atomic E-state index is -0.497. The zero-order valence-corrected chi connectivity index (χ0v) is 8.27. The Kier molecular flexibility index (Phi) is 5.46. The van der Waals surface area contributed by atoms with Gasteiger partial charge in [-0.05, 0) is 12.1 Å². The van der Waals surface area contributed by atoms with E-state index in [0.717, 1.165) is 0 Å². The van der Waals surface area contributed by atoms with Crippen LogP contribution in [-0.4, -0.2) is 12.5 Å². The molecule has 3 nitrogen and oxygen atoms in total. The van der Waals surface area contributed by atoms with Crippen LogP contribution in [-0.2, 0) is 4.79 Å². The normalized spacial score (nSPS) is 8.77. The highest BCUT2D eigenvalue weighted by molar-refractivity contribution is 6.32. The van der Waals surface area contributed by atoms with Gasteiger partial charge in [0.1, 0.15) is 5.75 Å². The quantitative estimate of drug-likeness (QED) is 0.611. The van der Waals surface area contributed by atoms with Gasteiger partial charge in [-0.1, -0.05) is 23.7 Å². The van der Waals surface area contributed by atoms with E-state index in [0.29, 0.717) is 10.8 Å². The van der Waals surface area contributed by atoms with Gasteiger partial charge in [0.15, 0.2) is 0 Å². The first-order chi connectivity index (χ1) is 5.74. The van der Waals surface area contributed by atoms with Crippen LogP contribution < -0.4 is 10.5 Å². The summed E-state index contributed by atoms with van der Waals surface area (Å²) >= 11 is 5.71. The molecule has 72 valence electrons. The molecule has 0 amide bonds. The smallest absolute Gasteiger partial charge is 0.325 e. The molecular formula is C8H9Cl2NO2. The number of ether oxygens (including phenoxy) is 1. The van der Waals surface area contributed by atoms with Crippen molar-refractivity contribution in [1.29, 1.82) is 0 Å². The Morgan fingerprint density at radius 2 is 2.08 bits per heavy atom. The van der Waals surface area contributed by atoms with Gasteiger partial charge in [-0.15, -0.1) is 12.4 Å². The summed E-state index contributed by atoms with van der Waals surface area (Å²) in [5, 5.41) is 0.402. The number of benzene rings is 1. The van der Waals surface area contributed by atoms with E-state index in [2.05, 4.69) is 0 Å². The molecule has 0 heterocycles. The molecule has 0 unspecified atom stereocenters. The SMILES string of the molecule is Cl.NCC(=O)Oc1ccccc1Cl. The van der Waals surface area contributed by atoms with Crippen LogP contribution in [0.3, 0.4) is 0 Å². The van der Waals surface area contributed by atoms with Gasteiger partial charge in [0.2, 0.25) is 0 Å². The predicted molar refractivity (Wildman–Crippen MR) is 53.4 cm³/mol. The lowest BCUT2D eigenvalue weighted by Gasteiger charge is -2.02. The van der Waals surface area contributed by atoms with Gasteiger partial charge in [-0.2, -0.15) is 0 Å². The third-order valence-corrected chi connectivity index (χ3v) is 1.54. The van der Waals surface area contributed by atoms with E-state index in [4.69, 9.17) is 22.1 Å². The summed E-state index contributed by atoms with van der Waals surface area (Å²) in [6.07, 6.45) is 0. The molecule has 0 bridgehead atoms. The van der Waals surface area contributed by atoms with Crippen molar-refractivity contribution >= 4 is 30.0 Å². The monoisotopic (exact) mass is 221 g/mol. The highest BCUT2D eigenvalue weighted by atomic mass is 35.5. The summed E-state index contributed by atoms with van der Waals surface area (Å²) in [6.45, 7) is -0.148. The molecule has 0 aromatic heterocycles. The molecule has 0 fully saturated rings. The van der Waals surface area contributed by atoms with Crippen molar-refractivity contribution in [1.82, 2.24) is 0 Å². The van der Waals surface area contributed by atoms with Crippen LogP contribution in [0, 0.1) is 0 Å². The summed E-state index contributed by atoms with van der Waals surface area (Å²) in [5.74, 6) is -0.155. The van der Waals surface area contributed by atoms with Gasteiger partial charge < -0.3 is 10.5 Å². The van der Waals surface area contributed by atoms with E-state index in [1.165, 1.54) is 0 Å². The number of carbonyl (C=O) groups is 1. The zero-order chi connectivity index (χ0) is 8.97. The fourth-order valence-electron chi connectivity index (χ4n) is 0.692. The number of esters is 1. The summed E-state index contributed by atoms with van der Waals surface area (Å²) in [6, 6.07) is 6.73. The van der Waals surface area contributed by atoms with E-state index in [1.807, 2.05) is 0 Å². The number of nitrogens with two attached hydrogens (primary N) is 1. The molecule has 0 aliphatic carbocycles. The third kappa shape index (κ3) is 3.63. The Bertz CT molecular complexity index is 291.